The molecule has 0 N–H and O–H groups in total. The Morgan fingerprint density at radius 1 is 1.03 bits per heavy atom. The van der Waals surface area contributed by atoms with Crippen molar-refractivity contribution in [3.63, 3.8) is 0 Å². The Morgan fingerprint density at radius 3 is 2.25 bits per heavy atom. The van der Waals surface area contributed by atoms with E-state index in [1.54, 1.807) is 0 Å². The van der Waals surface area contributed by atoms with E-state index in [9.17, 15) is 9.59 Å². The van der Waals surface area contributed by atoms with Crippen LogP contribution in [0.5, 0.6) is 0 Å². The molecule has 2 fully saturated rings. The summed E-state index contributed by atoms with van der Waals surface area (Å²) in [6.45, 7) is 7.74. The fraction of sp³-hybridized carbons (Fsp3) is 0.643. The summed E-state index contributed by atoms with van der Waals surface area (Å²) in [7, 11) is 0. The van der Waals surface area contributed by atoms with Gasteiger partial charge >= 0.3 is 5.97 Å². The molecule has 0 atom stereocenters. The molecule has 0 bridgehead atoms. The van der Waals surface area contributed by atoms with Crippen molar-refractivity contribution in [2.45, 2.75) is 91.4 Å². The molecule has 174 valence electrons. The molecule has 4 rings (SSSR count). The predicted octanol–water partition coefficient (Wildman–Crippen LogP) is 6.11. The Labute approximate surface area is 192 Å². The first kappa shape index (κ1) is 23.2. The minimum Gasteiger partial charge on any atom is -0.430 e. The van der Waals surface area contributed by atoms with Crippen LogP contribution in [0.4, 0.5) is 0 Å². The normalized spacial score (nSPS) is 21.8. The molecule has 1 aliphatic heterocycles. The Morgan fingerprint density at radius 2 is 1.66 bits per heavy atom. The Bertz CT molecular complexity index is 873. The lowest BCUT2D eigenvalue weighted by molar-refractivity contribution is -0.146. The smallest absolute Gasteiger partial charge is 0.314 e. The average Bonchev–Trinajstić information content (AvgIpc) is 2.80. The maximum Gasteiger partial charge on any atom is 0.314 e. The summed E-state index contributed by atoms with van der Waals surface area (Å²) in [5.74, 6) is 0.608. The van der Waals surface area contributed by atoms with Crippen molar-refractivity contribution in [3.05, 3.63) is 40.1 Å². The number of ether oxygens (including phenoxy) is 2. The van der Waals surface area contributed by atoms with Crippen molar-refractivity contribution in [3.8, 4) is 0 Å². The van der Waals surface area contributed by atoms with E-state index in [1.807, 2.05) is 0 Å². The molecule has 1 aromatic rings. The van der Waals surface area contributed by atoms with Crippen LogP contribution < -0.4 is 0 Å². The molecule has 1 saturated heterocycles. The van der Waals surface area contributed by atoms with Crippen LogP contribution >= 0.6 is 0 Å². The maximum absolute atomic E-state index is 13.8. The molecule has 1 aromatic carbocycles. The van der Waals surface area contributed by atoms with E-state index in [0.29, 0.717) is 37.4 Å². The number of hydrogen-bond acceptors (Lipinski definition) is 4. The van der Waals surface area contributed by atoms with Crippen LogP contribution in [0.3, 0.4) is 0 Å². The van der Waals surface area contributed by atoms with Gasteiger partial charge in [-0.1, -0.05) is 50.8 Å². The number of carbonyl (C=O) groups is 2. The summed E-state index contributed by atoms with van der Waals surface area (Å²) in [6.07, 6.45) is 9.77. The van der Waals surface area contributed by atoms with Crippen molar-refractivity contribution >= 4 is 17.3 Å². The molecule has 1 heterocycles. The SMILES string of the molecule is CCc1cc(C)cc(CC)c1C1=C(OC(=O)C2CCCCC2)CC2(CCOCC2)CC1=O. The van der Waals surface area contributed by atoms with Crippen LogP contribution in [0, 0.1) is 18.3 Å². The minimum absolute atomic E-state index is 0.0329. The van der Waals surface area contributed by atoms with Crippen molar-refractivity contribution < 1.29 is 19.1 Å². The third-order valence-corrected chi connectivity index (χ3v) is 7.80. The number of Topliss-reactive ketones (excluding diaryl/α,β-unsaturated/α-hetero) is 1. The second-order valence-electron chi connectivity index (χ2n) is 10.1. The largest absolute Gasteiger partial charge is 0.430 e. The third kappa shape index (κ3) is 4.71. The van der Waals surface area contributed by atoms with Gasteiger partial charge in [-0.25, -0.2) is 0 Å². The number of allylic oxidation sites excluding steroid dienone is 2. The second kappa shape index (κ2) is 9.91. The first-order valence-corrected chi connectivity index (χ1v) is 12.6. The third-order valence-electron chi connectivity index (χ3n) is 7.80. The van der Waals surface area contributed by atoms with Crippen LogP contribution in [0.2, 0.25) is 0 Å². The van der Waals surface area contributed by atoms with Crippen LogP contribution in [-0.4, -0.2) is 25.0 Å². The summed E-state index contributed by atoms with van der Waals surface area (Å²) in [4.78, 5) is 27.0. The first-order chi connectivity index (χ1) is 15.5. The highest BCUT2D eigenvalue weighted by Crippen LogP contribution is 2.48. The molecule has 3 aliphatic rings. The highest BCUT2D eigenvalue weighted by Gasteiger charge is 2.44. The second-order valence-corrected chi connectivity index (χ2v) is 10.1. The highest BCUT2D eigenvalue weighted by atomic mass is 16.5. The summed E-state index contributed by atoms with van der Waals surface area (Å²) in [5.41, 5.74) is 5.15. The van der Waals surface area contributed by atoms with Crippen molar-refractivity contribution in [2.75, 3.05) is 13.2 Å². The monoisotopic (exact) mass is 438 g/mol. The molecule has 1 saturated carbocycles. The number of carbonyl (C=O) groups excluding carboxylic acids is 2. The van der Waals surface area contributed by atoms with E-state index in [0.717, 1.165) is 56.9 Å². The molecule has 4 nitrogen and oxygen atoms in total. The molecule has 4 heteroatoms. The Hall–Kier alpha value is -1.94. The molecule has 32 heavy (non-hydrogen) atoms. The lowest BCUT2D eigenvalue weighted by Gasteiger charge is -2.41. The average molecular weight is 439 g/mol. The lowest BCUT2D eigenvalue weighted by atomic mass is 9.67. The molecular formula is C28H38O4. The van der Waals surface area contributed by atoms with Gasteiger partial charge in [0, 0.05) is 26.1 Å². The van der Waals surface area contributed by atoms with E-state index < -0.39 is 0 Å². The molecule has 0 radical (unpaired) electrons. The Kier molecular flexibility index (Phi) is 7.19. The number of ketones is 1. The summed E-state index contributed by atoms with van der Waals surface area (Å²) < 4.78 is 11.8. The molecular weight excluding hydrogens is 400 g/mol. The summed E-state index contributed by atoms with van der Waals surface area (Å²) in [6, 6.07) is 4.38. The van der Waals surface area contributed by atoms with E-state index in [1.165, 1.54) is 23.1 Å². The lowest BCUT2D eigenvalue weighted by Crippen LogP contribution is -2.37. The number of hydrogen-bond donors (Lipinski definition) is 0. The van der Waals surface area contributed by atoms with Crippen molar-refractivity contribution in [1.29, 1.82) is 0 Å². The minimum atomic E-state index is -0.134. The van der Waals surface area contributed by atoms with E-state index in [2.05, 4.69) is 32.9 Å². The zero-order valence-corrected chi connectivity index (χ0v) is 20.1. The number of esters is 1. The van der Waals surface area contributed by atoms with Gasteiger partial charge < -0.3 is 9.47 Å². The van der Waals surface area contributed by atoms with Crippen LogP contribution in [-0.2, 0) is 31.9 Å². The topological polar surface area (TPSA) is 52.6 Å². The molecule has 1 spiro atoms. The quantitative estimate of drug-likeness (QED) is 0.520. The zero-order valence-electron chi connectivity index (χ0n) is 20.1. The highest BCUT2D eigenvalue weighted by molar-refractivity contribution is 6.23. The molecule has 0 amide bonds. The van der Waals surface area contributed by atoms with E-state index in [4.69, 9.17) is 9.47 Å². The van der Waals surface area contributed by atoms with Crippen molar-refractivity contribution in [2.24, 2.45) is 11.3 Å². The standard InChI is InChI=1S/C28H38O4/c1-4-20-15-19(3)16-21(5-2)25(20)26-23(29)17-28(11-13-31-14-12-28)18-24(26)32-27(30)22-9-7-6-8-10-22/h15-16,22H,4-14,17-18H2,1-3H3. The van der Waals surface area contributed by atoms with Crippen LogP contribution in [0.25, 0.3) is 5.57 Å². The van der Waals surface area contributed by atoms with Crippen LogP contribution in [0.1, 0.15) is 93.9 Å². The fourth-order valence-corrected chi connectivity index (χ4v) is 5.96. The summed E-state index contributed by atoms with van der Waals surface area (Å²) in [5, 5.41) is 0. The van der Waals surface area contributed by atoms with Crippen molar-refractivity contribution in [1.82, 2.24) is 0 Å². The van der Waals surface area contributed by atoms with Gasteiger partial charge in [-0.15, -0.1) is 0 Å². The molecule has 2 aliphatic carbocycles. The van der Waals surface area contributed by atoms with Gasteiger partial charge in [0.1, 0.15) is 5.76 Å². The maximum atomic E-state index is 13.8. The zero-order chi connectivity index (χ0) is 22.7. The van der Waals surface area contributed by atoms with Gasteiger partial charge in [-0.05, 0) is 67.6 Å². The predicted molar refractivity (Wildman–Crippen MR) is 126 cm³/mol. The first-order valence-electron chi connectivity index (χ1n) is 12.6. The van der Waals surface area contributed by atoms with Gasteiger partial charge in [0.15, 0.2) is 5.78 Å². The number of rotatable bonds is 5. The number of aryl methyl sites for hydroxylation is 3. The van der Waals surface area contributed by atoms with Gasteiger partial charge in [0.2, 0.25) is 0 Å². The Balaban J connectivity index is 1.80. The number of benzene rings is 1. The fourth-order valence-electron chi connectivity index (χ4n) is 5.96. The molecule has 0 aromatic heterocycles. The summed E-state index contributed by atoms with van der Waals surface area (Å²) >= 11 is 0. The molecule has 0 unspecified atom stereocenters. The van der Waals surface area contributed by atoms with Crippen LogP contribution in [0.15, 0.2) is 17.9 Å². The van der Waals surface area contributed by atoms with Gasteiger partial charge in [0.05, 0.1) is 11.5 Å². The van der Waals surface area contributed by atoms with Gasteiger partial charge in [-0.2, -0.15) is 0 Å². The van der Waals surface area contributed by atoms with Gasteiger partial charge in [0.25, 0.3) is 0 Å². The van der Waals surface area contributed by atoms with Gasteiger partial charge in [-0.3, -0.25) is 9.59 Å². The van der Waals surface area contributed by atoms with E-state index >= 15 is 0 Å². The van der Waals surface area contributed by atoms with E-state index in [-0.39, 0.29) is 23.1 Å².